The molecule has 64 heavy (non-hydrogen) atoms. The summed E-state index contributed by atoms with van der Waals surface area (Å²) >= 11 is 0. The average molecular weight is 861 g/mol. The summed E-state index contributed by atoms with van der Waals surface area (Å²) in [4.78, 5) is 48.8. The van der Waals surface area contributed by atoms with Crippen molar-refractivity contribution in [2.24, 2.45) is 0 Å². The number of benzene rings is 8. The van der Waals surface area contributed by atoms with Crippen LogP contribution >= 0.6 is 0 Å². The summed E-state index contributed by atoms with van der Waals surface area (Å²) < 4.78 is 42.3. The molecule has 0 aliphatic rings. The first-order valence-electron chi connectivity index (χ1n) is 20.7. The van der Waals surface area contributed by atoms with Gasteiger partial charge in [-0.2, -0.15) is 0 Å². The van der Waals surface area contributed by atoms with Crippen LogP contribution in [0.5, 0.6) is 23.0 Å². The van der Waals surface area contributed by atoms with Crippen LogP contribution in [-0.4, -0.2) is 51.0 Å². The van der Waals surface area contributed by atoms with Crippen LogP contribution in [0.15, 0.2) is 146 Å². The number of carbonyl (C=O) groups excluding carboxylic acids is 4. The lowest BCUT2D eigenvalue weighted by Crippen LogP contribution is -2.12. The van der Waals surface area contributed by atoms with Crippen LogP contribution in [0.2, 0.25) is 0 Å². The summed E-state index contributed by atoms with van der Waals surface area (Å²) in [6, 6.07) is 45.2. The molecule has 0 bridgehead atoms. The fourth-order valence-electron chi connectivity index (χ4n) is 7.33. The molecular formula is C52H44O12. The summed E-state index contributed by atoms with van der Waals surface area (Å²) in [5, 5.41) is 7.09. The van der Waals surface area contributed by atoms with Gasteiger partial charge in [0.1, 0.15) is 23.0 Å². The fraction of sp³-hybridized carbons (Fsp3) is 0.154. The van der Waals surface area contributed by atoms with E-state index < -0.39 is 24.6 Å². The van der Waals surface area contributed by atoms with Gasteiger partial charge < -0.3 is 37.9 Å². The number of hydrogen-bond donors (Lipinski definition) is 0. The van der Waals surface area contributed by atoms with Crippen molar-refractivity contribution in [1.29, 1.82) is 0 Å². The molecule has 0 amide bonds. The minimum atomic E-state index is -0.808. The van der Waals surface area contributed by atoms with E-state index in [2.05, 4.69) is 0 Å². The molecule has 0 atom stereocenters. The predicted molar refractivity (Wildman–Crippen MR) is 244 cm³/mol. The van der Waals surface area contributed by atoms with E-state index in [1.165, 1.54) is 0 Å². The summed E-state index contributed by atoms with van der Waals surface area (Å²) in [7, 11) is 0. The molecule has 0 fully saturated rings. The Morgan fingerprint density at radius 2 is 0.500 bits per heavy atom. The van der Waals surface area contributed by atoms with Gasteiger partial charge in [0.2, 0.25) is 0 Å². The van der Waals surface area contributed by atoms with Gasteiger partial charge in [-0.05, 0) is 95.1 Å². The van der Waals surface area contributed by atoms with Crippen molar-refractivity contribution in [3.05, 3.63) is 146 Å². The van der Waals surface area contributed by atoms with Crippen molar-refractivity contribution in [2.75, 3.05) is 26.4 Å². The Morgan fingerprint density at radius 3 is 0.703 bits per heavy atom. The van der Waals surface area contributed by atoms with Gasteiger partial charge in [-0.3, -0.25) is 0 Å². The van der Waals surface area contributed by atoms with E-state index in [0.29, 0.717) is 45.3 Å². The van der Waals surface area contributed by atoms with E-state index in [4.69, 9.17) is 37.9 Å². The highest BCUT2D eigenvalue weighted by Crippen LogP contribution is 2.47. The molecule has 0 spiro atoms. The van der Waals surface area contributed by atoms with Gasteiger partial charge in [-0.25, -0.2) is 19.2 Å². The molecule has 0 heterocycles. The van der Waals surface area contributed by atoms with Gasteiger partial charge in [-0.15, -0.1) is 0 Å². The smallest absolute Gasteiger partial charge is 0.434 e. The largest absolute Gasteiger partial charge is 0.513 e. The second-order valence-electron chi connectivity index (χ2n) is 13.8. The monoisotopic (exact) mass is 860 g/mol. The third kappa shape index (κ3) is 9.82. The van der Waals surface area contributed by atoms with Crippen LogP contribution in [0.3, 0.4) is 0 Å². The highest BCUT2D eigenvalue weighted by Gasteiger charge is 2.24. The van der Waals surface area contributed by atoms with Crippen molar-refractivity contribution < 1.29 is 57.1 Å². The highest BCUT2D eigenvalue weighted by molar-refractivity contribution is 6.12. The highest BCUT2D eigenvalue weighted by atomic mass is 16.7. The SMILES string of the molecule is CCOC(=O)Oc1ccc2ccccc2c1-c1c(OC(=O)OCC)ccc2ccccc12.CCOC(=O)Oc1ccc2ccccc2c1-c1c(OC(=O)OCC)ccc2ccccc12. The molecule has 8 aromatic carbocycles. The third-order valence-corrected chi connectivity index (χ3v) is 9.89. The molecule has 0 radical (unpaired) electrons. The van der Waals surface area contributed by atoms with Gasteiger partial charge in [-0.1, -0.05) is 121 Å². The molecule has 0 unspecified atom stereocenters. The van der Waals surface area contributed by atoms with E-state index >= 15 is 0 Å². The van der Waals surface area contributed by atoms with Crippen LogP contribution < -0.4 is 18.9 Å². The van der Waals surface area contributed by atoms with E-state index in [1.807, 2.05) is 121 Å². The molecule has 0 aliphatic heterocycles. The molecule has 8 aromatic rings. The Kier molecular flexibility index (Phi) is 14.2. The standard InChI is InChI=1S/2C26H22O6/c2*1-3-29-25(27)31-21-15-13-17-9-5-7-11-19(17)23(21)24-20-12-8-6-10-18(20)14-16-22(24)32-26(28)30-4-2/h2*5-16H,3-4H2,1-2H3. The minimum absolute atomic E-state index is 0.188. The molecule has 0 N–H and O–H groups in total. The lowest BCUT2D eigenvalue weighted by atomic mass is 9.92. The summed E-state index contributed by atoms with van der Waals surface area (Å²) in [6.45, 7) is 7.58. The van der Waals surface area contributed by atoms with Crippen molar-refractivity contribution >= 4 is 67.7 Å². The summed E-state index contributed by atoms with van der Waals surface area (Å²) in [5.41, 5.74) is 2.47. The molecule has 0 aliphatic carbocycles. The first-order valence-corrected chi connectivity index (χ1v) is 20.7. The van der Waals surface area contributed by atoms with Gasteiger partial charge >= 0.3 is 24.6 Å². The normalized spacial score (nSPS) is 10.7. The van der Waals surface area contributed by atoms with Crippen LogP contribution in [-0.2, 0) is 18.9 Å². The topological polar surface area (TPSA) is 142 Å². The van der Waals surface area contributed by atoms with Gasteiger partial charge in [0, 0.05) is 22.3 Å². The Bertz CT molecular complexity index is 2590. The Balaban J connectivity index is 0.000000191. The molecule has 0 saturated heterocycles. The third-order valence-electron chi connectivity index (χ3n) is 9.89. The maximum absolute atomic E-state index is 12.2. The zero-order valence-electron chi connectivity index (χ0n) is 35.6. The predicted octanol–water partition coefficient (Wildman–Crippen LogP) is 13.5. The number of hydrogen-bond acceptors (Lipinski definition) is 12. The molecular weight excluding hydrogens is 817 g/mol. The first kappa shape index (κ1) is 44.0. The van der Waals surface area contributed by atoms with Gasteiger partial charge in [0.15, 0.2) is 0 Å². The van der Waals surface area contributed by atoms with Crippen LogP contribution in [0.4, 0.5) is 19.2 Å². The molecule has 12 heteroatoms. The first-order chi connectivity index (χ1) is 31.2. The number of fused-ring (bicyclic) bond motifs is 4. The Hall–Kier alpha value is -8.12. The van der Waals surface area contributed by atoms with E-state index in [1.54, 1.807) is 52.0 Å². The zero-order chi connectivity index (χ0) is 45.0. The number of carbonyl (C=O) groups is 4. The fourth-order valence-corrected chi connectivity index (χ4v) is 7.33. The average Bonchev–Trinajstić information content (AvgIpc) is 3.30. The zero-order valence-corrected chi connectivity index (χ0v) is 35.6. The van der Waals surface area contributed by atoms with E-state index in [9.17, 15) is 19.2 Å². The Labute approximate surface area is 368 Å². The van der Waals surface area contributed by atoms with Gasteiger partial charge in [0.05, 0.1) is 26.4 Å². The lowest BCUT2D eigenvalue weighted by molar-refractivity contribution is 0.103. The van der Waals surface area contributed by atoms with E-state index in [0.717, 1.165) is 43.1 Å². The Morgan fingerprint density at radius 1 is 0.297 bits per heavy atom. The maximum Gasteiger partial charge on any atom is 0.513 e. The van der Waals surface area contributed by atoms with Crippen molar-refractivity contribution in [1.82, 2.24) is 0 Å². The molecule has 324 valence electrons. The summed E-state index contributed by atoms with van der Waals surface area (Å²) in [5.74, 6) is 1.19. The van der Waals surface area contributed by atoms with Gasteiger partial charge in [0.25, 0.3) is 0 Å². The molecule has 12 nitrogen and oxygen atoms in total. The number of rotatable bonds is 10. The van der Waals surface area contributed by atoms with Crippen LogP contribution in [0.25, 0.3) is 65.3 Å². The maximum atomic E-state index is 12.2. The van der Waals surface area contributed by atoms with Crippen molar-refractivity contribution in [3.8, 4) is 45.3 Å². The molecule has 0 aromatic heterocycles. The molecule has 8 rings (SSSR count). The quantitative estimate of drug-likeness (QED) is 0.0733. The lowest BCUT2D eigenvalue weighted by Gasteiger charge is -2.18. The summed E-state index contributed by atoms with van der Waals surface area (Å²) in [6.07, 6.45) is -3.23. The van der Waals surface area contributed by atoms with Crippen LogP contribution in [0.1, 0.15) is 27.7 Å². The second kappa shape index (κ2) is 20.6. The second-order valence-corrected chi connectivity index (χ2v) is 13.8. The molecule has 0 saturated carbocycles. The van der Waals surface area contributed by atoms with E-state index in [-0.39, 0.29) is 26.4 Å². The number of ether oxygens (including phenoxy) is 8. The van der Waals surface area contributed by atoms with Crippen LogP contribution in [0, 0.1) is 0 Å². The van der Waals surface area contributed by atoms with Crippen molar-refractivity contribution in [3.63, 3.8) is 0 Å². The minimum Gasteiger partial charge on any atom is -0.434 e. The van der Waals surface area contributed by atoms with Crippen molar-refractivity contribution in [2.45, 2.75) is 27.7 Å².